The van der Waals surface area contributed by atoms with Crippen molar-refractivity contribution in [2.24, 2.45) is 0 Å². The van der Waals surface area contributed by atoms with Gasteiger partial charge in [0, 0.05) is 45.2 Å². The molecule has 3 rings (SSSR count). The van der Waals surface area contributed by atoms with E-state index in [1.807, 2.05) is 6.07 Å². The molecule has 0 spiro atoms. The maximum Gasteiger partial charge on any atom is 0.231 e. The number of benzene rings is 1. The predicted octanol–water partition coefficient (Wildman–Crippen LogP) is 1.04. The fourth-order valence-electron chi connectivity index (χ4n) is 3.59. The van der Waals surface area contributed by atoms with Crippen molar-refractivity contribution in [3.63, 3.8) is 0 Å². The molecule has 1 aromatic carbocycles. The standard InChI is InChI=1S/C20H32N4O3/c1-3-24(14-22-20(25)6-9-23-10-7-21-8-11-23)16(2)12-17-4-5-18-19(13-17)27-15-26-18/h4-5,13,16,21H,3,6-12,14-15H2,1-2H3,(H,22,25). The molecule has 0 radical (unpaired) electrons. The van der Waals surface area contributed by atoms with Crippen LogP contribution in [0.4, 0.5) is 0 Å². The maximum absolute atomic E-state index is 12.2. The van der Waals surface area contributed by atoms with Gasteiger partial charge in [-0.25, -0.2) is 0 Å². The van der Waals surface area contributed by atoms with Crippen molar-refractivity contribution >= 4 is 5.91 Å². The van der Waals surface area contributed by atoms with E-state index in [1.165, 1.54) is 5.56 Å². The maximum atomic E-state index is 12.2. The molecule has 0 aliphatic carbocycles. The fourth-order valence-corrected chi connectivity index (χ4v) is 3.59. The second kappa shape index (κ2) is 9.92. The number of ether oxygens (including phenoxy) is 2. The molecule has 2 aliphatic heterocycles. The normalized spacial score (nSPS) is 17.9. The second-order valence-corrected chi connectivity index (χ2v) is 7.25. The number of carbonyl (C=O) groups is 1. The van der Waals surface area contributed by atoms with Gasteiger partial charge >= 0.3 is 0 Å². The minimum Gasteiger partial charge on any atom is -0.454 e. The van der Waals surface area contributed by atoms with Crippen molar-refractivity contribution < 1.29 is 14.3 Å². The Morgan fingerprint density at radius 3 is 2.85 bits per heavy atom. The molecule has 7 heteroatoms. The van der Waals surface area contributed by atoms with Gasteiger partial charge in [-0.1, -0.05) is 13.0 Å². The molecule has 0 saturated carbocycles. The first-order valence-corrected chi connectivity index (χ1v) is 9.98. The smallest absolute Gasteiger partial charge is 0.231 e. The molecule has 2 N–H and O–H groups in total. The molecule has 0 bridgehead atoms. The Bertz CT molecular complexity index is 619. The van der Waals surface area contributed by atoms with Crippen LogP contribution in [0.5, 0.6) is 11.5 Å². The third-order valence-electron chi connectivity index (χ3n) is 5.34. The molecular weight excluding hydrogens is 344 g/mol. The number of rotatable bonds is 9. The minimum absolute atomic E-state index is 0.127. The predicted molar refractivity (Wildman–Crippen MR) is 105 cm³/mol. The number of piperazine rings is 1. The van der Waals surface area contributed by atoms with Gasteiger partial charge in [0.2, 0.25) is 12.7 Å². The lowest BCUT2D eigenvalue weighted by Gasteiger charge is -2.29. The molecule has 1 aromatic rings. The van der Waals surface area contributed by atoms with Gasteiger partial charge in [-0.05, 0) is 37.6 Å². The molecule has 1 saturated heterocycles. The van der Waals surface area contributed by atoms with Gasteiger partial charge in [0.15, 0.2) is 11.5 Å². The Hall–Kier alpha value is -1.83. The van der Waals surface area contributed by atoms with Crippen LogP contribution in [0.1, 0.15) is 25.8 Å². The number of carbonyl (C=O) groups excluding carboxylic acids is 1. The van der Waals surface area contributed by atoms with Crippen LogP contribution in [0.15, 0.2) is 18.2 Å². The second-order valence-electron chi connectivity index (χ2n) is 7.25. The minimum atomic E-state index is 0.127. The number of nitrogens with zero attached hydrogens (tertiary/aromatic N) is 2. The monoisotopic (exact) mass is 376 g/mol. The number of hydrogen-bond acceptors (Lipinski definition) is 6. The molecule has 1 atom stereocenters. The number of nitrogens with one attached hydrogen (secondary N) is 2. The molecule has 7 nitrogen and oxygen atoms in total. The van der Waals surface area contributed by atoms with Crippen LogP contribution in [-0.2, 0) is 11.2 Å². The average molecular weight is 377 g/mol. The summed E-state index contributed by atoms with van der Waals surface area (Å²) in [7, 11) is 0. The summed E-state index contributed by atoms with van der Waals surface area (Å²) in [5, 5.41) is 6.41. The van der Waals surface area contributed by atoms with Crippen LogP contribution in [0.2, 0.25) is 0 Å². The lowest BCUT2D eigenvalue weighted by molar-refractivity contribution is -0.122. The van der Waals surface area contributed by atoms with Gasteiger partial charge in [-0.3, -0.25) is 9.69 Å². The lowest BCUT2D eigenvalue weighted by Crippen LogP contribution is -2.46. The SMILES string of the molecule is CCN(CNC(=O)CCN1CCNCC1)C(C)Cc1ccc2c(c1)OCO2. The first-order valence-electron chi connectivity index (χ1n) is 9.98. The Balaban J connectivity index is 1.41. The fraction of sp³-hybridized carbons (Fsp3) is 0.650. The zero-order chi connectivity index (χ0) is 19.1. The molecule has 0 aromatic heterocycles. The average Bonchev–Trinajstić information content (AvgIpc) is 3.15. The Labute approximate surface area is 162 Å². The summed E-state index contributed by atoms with van der Waals surface area (Å²) in [6, 6.07) is 6.44. The van der Waals surface area contributed by atoms with E-state index >= 15 is 0 Å². The van der Waals surface area contributed by atoms with Crippen LogP contribution in [0.25, 0.3) is 0 Å². The molecule has 1 unspecified atom stereocenters. The summed E-state index contributed by atoms with van der Waals surface area (Å²) in [6.07, 6.45) is 1.47. The van der Waals surface area contributed by atoms with Crippen molar-refractivity contribution in [2.45, 2.75) is 32.7 Å². The van der Waals surface area contributed by atoms with Crippen LogP contribution in [0, 0.1) is 0 Å². The molecule has 2 aliphatic rings. The van der Waals surface area contributed by atoms with E-state index in [9.17, 15) is 4.79 Å². The van der Waals surface area contributed by atoms with Crippen LogP contribution in [-0.4, -0.2) is 74.5 Å². The van der Waals surface area contributed by atoms with Crippen LogP contribution >= 0.6 is 0 Å². The Morgan fingerprint density at radius 1 is 1.30 bits per heavy atom. The first-order chi connectivity index (χ1) is 13.2. The van der Waals surface area contributed by atoms with Gasteiger partial charge in [0.05, 0.1) is 6.67 Å². The largest absolute Gasteiger partial charge is 0.454 e. The molecule has 27 heavy (non-hydrogen) atoms. The van der Waals surface area contributed by atoms with E-state index in [0.717, 1.165) is 57.2 Å². The van der Waals surface area contributed by atoms with Crippen molar-refractivity contribution in [3.05, 3.63) is 23.8 Å². The summed E-state index contributed by atoms with van der Waals surface area (Å²) in [4.78, 5) is 16.8. The highest BCUT2D eigenvalue weighted by molar-refractivity contribution is 5.75. The quantitative estimate of drug-likeness (QED) is 0.628. The van der Waals surface area contributed by atoms with Gasteiger partial charge in [-0.15, -0.1) is 0 Å². The van der Waals surface area contributed by atoms with E-state index in [2.05, 4.69) is 46.4 Å². The van der Waals surface area contributed by atoms with Gasteiger partial charge in [0.25, 0.3) is 0 Å². The van der Waals surface area contributed by atoms with Crippen molar-refractivity contribution in [2.75, 3.05) is 52.7 Å². The molecule has 150 valence electrons. The number of fused-ring (bicyclic) bond motifs is 1. The molecule has 1 amide bonds. The van der Waals surface area contributed by atoms with E-state index in [1.54, 1.807) is 0 Å². The van der Waals surface area contributed by atoms with E-state index in [4.69, 9.17) is 9.47 Å². The highest BCUT2D eigenvalue weighted by atomic mass is 16.7. The topological polar surface area (TPSA) is 66.1 Å². The summed E-state index contributed by atoms with van der Waals surface area (Å²) in [6.45, 7) is 11.0. The highest BCUT2D eigenvalue weighted by Crippen LogP contribution is 2.32. The van der Waals surface area contributed by atoms with Crippen LogP contribution in [0.3, 0.4) is 0 Å². The first kappa shape index (κ1) is 19.9. The summed E-state index contributed by atoms with van der Waals surface area (Å²) >= 11 is 0. The highest BCUT2D eigenvalue weighted by Gasteiger charge is 2.18. The Morgan fingerprint density at radius 2 is 2.07 bits per heavy atom. The lowest BCUT2D eigenvalue weighted by atomic mass is 10.1. The van der Waals surface area contributed by atoms with Crippen molar-refractivity contribution in [3.8, 4) is 11.5 Å². The number of hydrogen-bond donors (Lipinski definition) is 2. The molecule has 1 fully saturated rings. The van der Waals surface area contributed by atoms with E-state index < -0.39 is 0 Å². The van der Waals surface area contributed by atoms with Gasteiger partial charge < -0.3 is 25.0 Å². The molecule has 2 heterocycles. The third kappa shape index (κ3) is 5.82. The third-order valence-corrected chi connectivity index (χ3v) is 5.34. The van der Waals surface area contributed by atoms with Gasteiger partial charge in [0.1, 0.15) is 0 Å². The van der Waals surface area contributed by atoms with Crippen molar-refractivity contribution in [1.82, 2.24) is 20.4 Å². The zero-order valence-electron chi connectivity index (χ0n) is 16.5. The summed E-state index contributed by atoms with van der Waals surface area (Å²) in [5.41, 5.74) is 1.22. The van der Waals surface area contributed by atoms with Gasteiger partial charge in [-0.2, -0.15) is 0 Å². The van der Waals surface area contributed by atoms with E-state index in [0.29, 0.717) is 25.9 Å². The number of likely N-dealkylation sites (N-methyl/N-ethyl adjacent to an activating group) is 1. The van der Waals surface area contributed by atoms with Crippen LogP contribution < -0.4 is 20.1 Å². The zero-order valence-corrected chi connectivity index (χ0v) is 16.5. The Kier molecular flexibility index (Phi) is 7.32. The molecular formula is C20H32N4O3. The van der Waals surface area contributed by atoms with Crippen molar-refractivity contribution in [1.29, 1.82) is 0 Å². The summed E-state index contributed by atoms with van der Waals surface area (Å²) in [5.74, 6) is 1.77. The summed E-state index contributed by atoms with van der Waals surface area (Å²) < 4.78 is 10.8. The number of amides is 1. The van der Waals surface area contributed by atoms with E-state index in [-0.39, 0.29) is 5.91 Å².